The number of anilines is 1. The van der Waals surface area contributed by atoms with Crippen LogP contribution in [0.5, 0.6) is 0 Å². The number of halogens is 1. The molecular formula is C19H28FN3O. The summed E-state index contributed by atoms with van der Waals surface area (Å²) in [6, 6.07) is 6.72. The van der Waals surface area contributed by atoms with Crippen LogP contribution in [0, 0.1) is 5.82 Å². The molecule has 24 heavy (non-hydrogen) atoms. The van der Waals surface area contributed by atoms with Crippen LogP contribution in [0.2, 0.25) is 0 Å². The van der Waals surface area contributed by atoms with E-state index in [-0.39, 0.29) is 22.8 Å². The van der Waals surface area contributed by atoms with Crippen LogP contribution in [0.25, 0.3) is 0 Å². The standard InChI is InChI=1S/C19H28FN3O/c1-18(2)13-19(10-5-11-22(19)17(24)12-21(3)4)14-23(18)16-8-6-15(20)7-9-16/h6-9H,5,10-14H2,1-4H3. The van der Waals surface area contributed by atoms with Crippen LogP contribution in [-0.2, 0) is 4.79 Å². The summed E-state index contributed by atoms with van der Waals surface area (Å²) in [5, 5.41) is 0. The number of hydrogen-bond acceptors (Lipinski definition) is 3. The monoisotopic (exact) mass is 333 g/mol. The topological polar surface area (TPSA) is 26.8 Å². The molecule has 132 valence electrons. The van der Waals surface area contributed by atoms with Crippen LogP contribution < -0.4 is 4.90 Å². The number of carbonyl (C=O) groups is 1. The fraction of sp³-hybridized carbons (Fsp3) is 0.632. The molecule has 0 aromatic heterocycles. The molecule has 5 heteroatoms. The van der Waals surface area contributed by atoms with E-state index in [9.17, 15) is 9.18 Å². The van der Waals surface area contributed by atoms with Crippen LogP contribution in [0.15, 0.2) is 24.3 Å². The quantitative estimate of drug-likeness (QED) is 0.851. The lowest BCUT2D eigenvalue weighted by molar-refractivity contribution is -0.135. The number of likely N-dealkylation sites (tertiary alicyclic amines) is 1. The van der Waals surface area contributed by atoms with Gasteiger partial charge in [-0.2, -0.15) is 0 Å². The van der Waals surface area contributed by atoms with Crippen molar-refractivity contribution in [3.63, 3.8) is 0 Å². The fourth-order valence-corrected chi connectivity index (χ4v) is 4.56. The lowest BCUT2D eigenvalue weighted by Gasteiger charge is -2.36. The first-order valence-electron chi connectivity index (χ1n) is 8.72. The van der Waals surface area contributed by atoms with E-state index in [2.05, 4.69) is 23.6 Å². The molecule has 0 radical (unpaired) electrons. The average Bonchev–Trinajstić information content (AvgIpc) is 2.99. The lowest BCUT2D eigenvalue weighted by Crippen LogP contribution is -2.51. The van der Waals surface area contributed by atoms with Gasteiger partial charge in [-0.15, -0.1) is 0 Å². The molecule has 2 aliphatic rings. The number of carbonyl (C=O) groups excluding carboxylic acids is 1. The van der Waals surface area contributed by atoms with Crippen LogP contribution in [0.1, 0.15) is 33.1 Å². The van der Waals surface area contributed by atoms with Crippen molar-refractivity contribution in [2.24, 2.45) is 0 Å². The second-order valence-corrected chi connectivity index (χ2v) is 8.16. The van der Waals surface area contributed by atoms with Gasteiger partial charge in [0, 0.05) is 24.3 Å². The Kier molecular flexibility index (Phi) is 4.32. The van der Waals surface area contributed by atoms with E-state index in [4.69, 9.17) is 0 Å². The Morgan fingerprint density at radius 1 is 1.25 bits per heavy atom. The summed E-state index contributed by atoms with van der Waals surface area (Å²) >= 11 is 0. The summed E-state index contributed by atoms with van der Waals surface area (Å²) in [6.45, 7) is 6.57. The fourth-order valence-electron chi connectivity index (χ4n) is 4.56. The number of amides is 1. The Morgan fingerprint density at radius 2 is 1.92 bits per heavy atom. The summed E-state index contributed by atoms with van der Waals surface area (Å²) < 4.78 is 13.3. The van der Waals surface area contributed by atoms with Gasteiger partial charge in [0.05, 0.1) is 12.1 Å². The van der Waals surface area contributed by atoms with Crippen LogP contribution in [-0.4, -0.2) is 60.5 Å². The zero-order valence-corrected chi connectivity index (χ0v) is 15.2. The van der Waals surface area contributed by atoms with Gasteiger partial charge in [0.15, 0.2) is 0 Å². The maximum absolute atomic E-state index is 13.3. The molecule has 1 atom stereocenters. The first-order chi connectivity index (χ1) is 11.2. The highest BCUT2D eigenvalue weighted by Gasteiger charge is 2.54. The van der Waals surface area contributed by atoms with Crippen molar-refractivity contribution >= 4 is 11.6 Å². The number of nitrogens with zero attached hydrogens (tertiary/aromatic N) is 3. The molecule has 0 saturated carbocycles. The highest BCUT2D eigenvalue weighted by atomic mass is 19.1. The summed E-state index contributed by atoms with van der Waals surface area (Å²) in [5.41, 5.74) is 0.884. The van der Waals surface area contributed by atoms with Gasteiger partial charge >= 0.3 is 0 Å². The summed E-state index contributed by atoms with van der Waals surface area (Å²) in [4.78, 5) is 19.1. The predicted molar refractivity (Wildman–Crippen MR) is 94.7 cm³/mol. The smallest absolute Gasteiger partial charge is 0.237 e. The van der Waals surface area contributed by atoms with Crippen LogP contribution in [0.3, 0.4) is 0 Å². The molecule has 1 aromatic rings. The highest BCUT2D eigenvalue weighted by molar-refractivity contribution is 5.80. The minimum atomic E-state index is -0.214. The molecule has 0 N–H and O–H groups in total. The Balaban J connectivity index is 1.87. The molecule has 1 spiro atoms. The molecule has 3 rings (SSSR count). The minimum Gasteiger partial charge on any atom is -0.364 e. The van der Waals surface area contributed by atoms with Crippen molar-refractivity contribution in [3.8, 4) is 0 Å². The predicted octanol–water partition coefficient (Wildman–Crippen LogP) is 2.74. The van der Waals surface area contributed by atoms with Gasteiger partial charge in [0.1, 0.15) is 5.82 Å². The highest BCUT2D eigenvalue weighted by Crippen LogP contribution is 2.47. The van der Waals surface area contributed by atoms with Crippen molar-refractivity contribution in [1.29, 1.82) is 0 Å². The van der Waals surface area contributed by atoms with Crippen molar-refractivity contribution in [2.75, 3.05) is 38.6 Å². The van der Waals surface area contributed by atoms with E-state index in [0.29, 0.717) is 6.54 Å². The number of rotatable bonds is 3. The molecule has 4 nitrogen and oxygen atoms in total. The van der Waals surface area contributed by atoms with Crippen LogP contribution >= 0.6 is 0 Å². The van der Waals surface area contributed by atoms with Crippen molar-refractivity contribution < 1.29 is 9.18 Å². The average molecular weight is 333 g/mol. The molecule has 1 aromatic carbocycles. The molecule has 2 fully saturated rings. The third-order valence-electron chi connectivity index (χ3n) is 5.43. The van der Waals surface area contributed by atoms with Gasteiger partial charge < -0.3 is 14.7 Å². The van der Waals surface area contributed by atoms with Crippen molar-refractivity contribution in [3.05, 3.63) is 30.1 Å². The Hall–Kier alpha value is -1.62. The second kappa shape index (κ2) is 6.03. The summed E-state index contributed by atoms with van der Waals surface area (Å²) in [5.74, 6) is 0.00313. The number of benzene rings is 1. The number of likely N-dealkylation sites (N-methyl/N-ethyl adjacent to an activating group) is 1. The second-order valence-electron chi connectivity index (χ2n) is 8.16. The van der Waals surface area contributed by atoms with Gasteiger partial charge in [0.25, 0.3) is 0 Å². The molecule has 1 amide bonds. The number of hydrogen-bond donors (Lipinski definition) is 0. The van der Waals surface area contributed by atoms with Crippen LogP contribution in [0.4, 0.5) is 10.1 Å². The Bertz CT molecular complexity index is 614. The first kappa shape index (κ1) is 17.2. The summed E-state index contributed by atoms with van der Waals surface area (Å²) in [6.07, 6.45) is 3.07. The third kappa shape index (κ3) is 3.02. The molecule has 2 aliphatic heterocycles. The van der Waals surface area contributed by atoms with E-state index in [1.165, 1.54) is 12.1 Å². The van der Waals surface area contributed by atoms with E-state index < -0.39 is 0 Å². The summed E-state index contributed by atoms with van der Waals surface area (Å²) in [7, 11) is 3.87. The van der Waals surface area contributed by atoms with Gasteiger partial charge in [-0.1, -0.05) is 0 Å². The van der Waals surface area contributed by atoms with Gasteiger partial charge in [-0.25, -0.2) is 4.39 Å². The Labute approximate surface area is 144 Å². The molecular weight excluding hydrogens is 305 g/mol. The SMILES string of the molecule is CN(C)CC(=O)N1CCCC12CN(c1ccc(F)cc1)C(C)(C)C2. The van der Waals surface area contributed by atoms with E-state index in [1.54, 1.807) is 0 Å². The van der Waals surface area contributed by atoms with E-state index in [1.807, 2.05) is 31.1 Å². The zero-order chi connectivity index (χ0) is 17.5. The zero-order valence-electron chi connectivity index (χ0n) is 15.2. The molecule has 2 saturated heterocycles. The maximum Gasteiger partial charge on any atom is 0.237 e. The maximum atomic E-state index is 13.3. The van der Waals surface area contributed by atoms with Crippen molar-refractivity contribution in [2.45, 2.75) is 44.2 Å². The van der Waals surface area contributed by atoms with Crippen molar-refractivity contribution in [1.82, 2.24) is 9.80 Å². The van der Waals surface area contributed by atoms with E-state index >= 15 is 0 Å². The lowest BCUT2D eigenvalue weighted by atomic mass is 9.87. The Morgan fingerprint density at radius 3 is 2.54 bits per heavy atom. The molecule has 0 aliphatic carbocycles. The third-order valence-corrected chi connectivity index (χ3v) is 5.43. The largest absolute Gasteiger partial charge is 0.364 e. The van der Waals surface area contributed by atoms with Gasteiger partial charge in [0.2, 0.25) is 5.91 Å². The molecule has 0 bridgehead atoms. The molecule has 2 heterocycles. The first-order valence-corrected chi connectivity index (χ1v) is 8.72. The van der Waals surface area contributed by atoms with E-state index in [0.717, 1.165) is 38.0 Å². The van der Waals surface area contributed by atoms with Gasteiger partial charge in [-0.3, -0.25) is 4.79 Å². The molecule has 1 unspecified atom stereocenters. The minimum absolute atomic E-state index is 0.0567. The normalized spacial score (nSPS) is 25.9. The van der Waals surface area contributed by atoms with Gasteiger partial charge in [-0.05, 0) is 71.5 Å².